The number of nitrogens with zero attached hydrogens (tertiary/aromatic N) is 1. The molecule has 216 valence electrons. The summed E-state index contributed by atoms with van der Waals surface area (Å²) in [5.41, 5.74) is 0.773. The maximum atomic E-state index is 13.3. The molecule has 41 heavy (non-hydrogen) atoms. The molecular formula is C33H38N2O6. The smallest absolute Gasteiger partial charge is 0.323 e. The second-order valence-electron chi connectivity index (χ2n) is 11.8. The van der Waals surface area contributed by atoms with Crippen LogP contribution in [0.25, 0.3) is 10.8 Å². The van der Waals surface area contributed by atoms with Gasteiger partial charge in [-0.3, -0.25) is 29.4 Å². The quantitative estimate of drug-likeness (QED) is 0.252. The molecule has 1 N–H and O–H groups in total. The summed E-state index contributed by atoms with van der Waals surface area (Å²) in [5.74, 6) is -1.73. The molecule has 0 saturated heterocycles. The lowest BCUT2D eigenvalue weighted by Crippen LogP contribution is -2.51. The van der Waals surface area contributed by atoms with Crippen molar-refractivity contribution < 1.29 is 28.7 Å². The molecule has 2 atom stereocenters. The van der Waals surface area contributed by atoms with Gasteiger partial charge in [-0.15, -0.1) is 0 Å². The van der Waals surface area contributed by atoms with Gasteiger partial charge in [0.15, 0.2) is 0 Å². The van der Waals surface area contributed by atoms with Gasteiger partial charge in [-0.25, -0.2) is 0 Å². The van der Waals surface area contributed by atoms with Gasteiger partial charge in [0.1, 0.15) is 24.3 Å². The zero-order valence-electron chi connectivity index (χ0n) is 24.3. The van der Waals surface area contributed by atoms with Crippen molar-refractivity contribution in [2.75, 3.05) is 6.54 Å². The Labute approximate surface area is 241 Å². The number of carbonyl (C=O) groups is 4. The van der Waals surface area contributed by atoms with Crippen molar-refractivity contribution in [2.45, 2.75) is 71.8 Å². The standard InChI is InChI=1S/C33H38N2O6/c1-21(2)17-28(31(38)40-20-22-11-7-6-8-12-22)34-27(32(39)41-33(3,4)5)15-16-35-29(36)25-18-23-13-9-10-14-24(23)19-26(25)30(35)37/h6-14,18-19,21,27-28,34H,15-17,20H2,1-5H3/t27-,28+/m1/s1. The van der Waals surface area contributed by atoms with E-state index in [0.717, 1.165) is 21.2 Å². The van der Waals surface area contributed by atoms with Crippen molar-refractivity contribution in [2.24, 2.45) is 5.92 Å². The van der Waals surface area contributed by atoms with Crippen molar-refractivity contribution in [1.29, 1.82) is 0 Å². The number of nitrogens with one attached hydrogen (secondary N) is 1. The Morgan fingerprint density at radius 3 is 1.93 bits per heavy atom. The number of hydrogen-bond donors (Lipinski definition) is 1. The lowest BCUT2D eigenvalue weighted by Gasteiger charge is -2.29. The van der Waals surface area contributed by atoms with Gasteiger partial charge in [0.25, 0.3) is 11.8 Å². The van der Waals surface area contributed by atoms with Crippen molar-refractivity contribution in [3.63, 3.8) is 0 Å². The van der Waals surface area contributed by atoms with Crippen LogP contribution in [0.15, 0.2) is 66.7 Å². The monoisotopic (exact) mass is 558 g/mol. The van der Waals surface area contributed by atoms with Crippen LogP contribution in [0.3, 0.4) is 0 Å². The maximum Gasteiger partial charge on any atom is 0.323 e. The van der Waals surface area contributed by atoms with Crippen LogP contribution in [0, 0.1) is 5.92 Å². The molecule has 0 spiro atoms. The first-order valence-corrected chi connectivity index (χ1v) is 14.0. The van der Waals surface area contributed by atoms with Crippen LogP contribution >= 0.6 is 0 Å². The van der Waals surface area contributed by atoms with E-state index in [2.05, 4.69) is 5.32 Å². The van der Waals surface area contributed by atoms with Gasteiger partial charge in [-0.2, -0.15) is 0 Å². The fourth-order valence-corrected chi connectivity index (χ4v) is 4.86. The number of imide groups is 1. The molecule has 0 bridgehead atoms. The molecular weight excluding hydrogens is 520 g/mol. The summed E-state index contributed by atoms with van der Waals surface area (Å²) >= 11 is 0. The third kappa shape index (κ3) is 7.58. The molecule has 1 aliphatic heterocycles. The Morgan fingerprint density at radius 1 is 0.829 bits per heavy atom. The second-order valence-corrected chi connectivity index (χ2v) is 11.8. The van der Waals surface area contributed by atoms with Crippen molar-refractivity contribution in [1.82, 2.24) is 10.2 Å². The fourth-order valence-electron chi connectivity index (χ4n) is 4.86. The van der Waals surface area contributed by atoms with E-state index < -0.39 is 41.4 Å². The van der Waals surface area contributed by atoms with E-state index in [9.17, 15) is 19.2 Å². The van der Waals surface area contributed by atoms with Crippen LogP contribution in [0.4, 0.5) is 0 Å². The van der Waals surface area contributed by atoms with E-state index in [1.165, 1.54) is 0 Å². The minimum atomic E-state index is -0.953. The number of benzene rings is 3. The highest BCUT2D eigenvalue weighted by Gasteiger charge is 2.38. The largest absolute Gasteiger partial charge is 0.460 e. The minimum Gasteiger partial charge on any atom is -0.460 e. The average molecular weight is 559 g/mol. The predicted octanol–water partition coefficient (Wildman–Crippen LogP) is 5.28. The predicted molar refractivity (Wildman–Crippen MR) is 156 cm³/mol. The van der Waals surface area contributed by atoms with E-state index in [1.54, 1.807) is 32.9 Å². The third-order valence-electron chi connectivity index (χ3n) is 6.79. The van der Waals surface area contributed by atoms with Crippen LogP contribution in [0.5, 0.6) is 0 Å². The van der Waals surface area contributed by atoms with Crippen LogP contribution in [0.2, 0.25) is 0 Å². The second kappa shape index (κ2) is 12.6. The summed E-state index contributed by atoms with van der Waals surface area (Å²) in [5, 5.41) is 4.88. The highest BCUT2D eigenvalue weighted by Crippen LogP contribution is 2.28. The van der Waals surface area contributed by atoms with Gasteiger partial charge in [0.05, 0.1) is 11.1 Å². The molecule has 3 aromatic carbocycles. The summed E-state index contributed by atoms with van der Waals surface area (Å²) in [4.78, 5) is 54.1. The summed E-state index contributed by atoms with van der Waals surface area (Å²) in [7, 11) is 0. The molecule has 0 fully saturated rings. The summed E-state index contributed by atoms with van der Waals surface area (Å²) in [6.45, 7) is 9.32. The van der Waals surface area contributed by atoms with Crippen molar-refractivity contribution >= 4 is 34.5 Å². The number of ether oxygens (including phenoxy) is 2. The van der Waals surface area contributed by atoms with E-state index in [0.29, 0.717) is 17.5 Å². The van der Waals surface area contributed by atoms with Gasteiger partial charge in [0, 0.05) is 6.54 Å². The van der Waals surface area contributed by atoms with Gasteiger partial charge >= 0.3 is 11.9 Å². The normalized spacial score (nSPS) is 14.7. The highest BCUT2D eigenvalue weighted by molar-refractivity contribution is 6.23. The lowest BCUT2D eigenvalue weighted by atomic mass is 10.0. The first-order valence-electron chi connectivity index (χ1n) is 14.0. The average Bonchev–Trinajstić information content (AvgIpc) is 3.15. The molecule has 0 aromatic heterocycles. The molecule has 0 aliphatic carbocycles. The Kier molecular flexibility index (Phi) is 9.23. The van der Waals surface area contributed by atoms with Gasteiger partial charge in [-0.1, -0.05) is 68.4 Å². The number of carbonyl (C=O) groups excluding carboxylic acids is 4. The number of esters is 2. The maximum absolute atomic E-state index is 13.3. The molecule has 1 heterocycles. The number of rotatable bonds is 11. The highest BCUT2D eigenvalue weighted by atomic mass is 16.6. The molecule has 2 amide bonds. The lowest BCUT2D eigenvalue weighted by molar-refractivity contribution is -0.159. The van der Waals surface area contributed by atoms with E-state index in [-0.39, 0.29) is 25.5 Å². The molecule has 3 aromatic rings. The fraction of sp³-hybridized carbons (Fsp3) is 0.394. The van der Waals surface area contributed by atoms with E-state index in [4.69, 9.17) is 9.47 Å². The summed E-state index contributed by atoms with van der Waals surface area (Å²) < 4.78 is 11.2. The Morgan fingerprint density at radius 2 is 1.39 bits per heavy atom. The van der Waals surface area contributed by atoms with Crippen LogP contribution < -0.4 is 5.32 Å². The Balaban J connectivity index is 1.51. The Hall–Kier alpha value is -4.04. The van der Waals surface area contributed by atoms with Gasteiger partial charge in [0.2, 0.25) is 0 Å². The van der Waals surface area contributed by atoms with Gasteiger partial charge < -0.3 is 9.47 Å². The topological polar surface area (TPSA) is 102 Å². The number of fused-ring (bicyclic) bond motifs is 2. The first-order chi connectivity index (χ1) is 19.4. The third-order valence-corrected chi connectivity index (χ3v) is 6.79. The Bertz CT molecular complexity index is 1370. The summed E-state index contributed by atoms with van der Waals surface area (Å²) in [6, 6.07) is 18.6. The molecule has 8 nitrogen and oxygen atoms in total. The number of amides is 2. The zero-order valence-corrected chi connectivity index (χ0v) is 24.3. The molecule has 8 heteroatoms. The molecule has 0 saturated carbocycles. The van der Waals surface area contributed by atoms with Crippen molar-refractivity contribution in [3.8, 4) is 0 Å². The van der Waals surface area contributed by atoms with Crippen LogP contribution in [0.1, 0.15) is 73.7 Å². The minimum absolute atomic E-state index is 0.0208. The van der Waals surface area contributed by atoms with E-state index >= 15 is 0 Å². The SMILES string of the molecule is CC(C)C[C@H](N[C@H](CCN1C(=O)c2cc3ccccc3cc2C1=O)C(=O)OC(C)(C)C)C(=O)OCc1ccccc1. The number of hydrogen-bond acceptors (Lipinski definition) is 7. The molecule has 4 rings (SSSR count). The van der Waals surface area contributed by atoms with Crippen molar-refractivity contribution in [3.05, 3.63) is 83.4 Å². The van der Waals surface area contributed by atoms with Crippen LogP contribution in [-0.2, 0) is 25.7 Å². The molecule has 1 aliphatic rings. The van der Waals surface area contributed by atoms with Crippen LogP contribution in [-0.4, -0.2) is 52.9 Å². The summed E-state index contributed by atoms with van der Waals surface area (Å²) in [6.07, 6.45) is 0.493. The molecule has 0 unspecified atom stereocenters. The first kappa shape index (κ1) is 29.9. The zero-order chi connectivity index (χ0) is 29.7. The van der Waals surface area contributed by atoms with Gasteiger partial charge in [-0.05, 0) is 68.0 Å². The van der Waals surface area contributed by atoms with E-state index in [1.807, 2.05) is 68.4 Å². The molecule has 0 radical (unpaired) electrons.